The zero-order chi connectivity index (χ0) is 20.5. The molecule has 0 aromatic carbocycles. The molecule has 4 rings (SSSR count). The maximum Gasteiger partial charge on any atom is 0.409 e. The SMILES string of the molecule is CCOC(=O)N1CCC(N(C[C@H]2C[C@H]3C=C[C@H]2C3)C(=O)c2cc(C)n(C)n2)CC1. The van der Waals surface area contributed by atoms with Gasteiger partial charge in [0.2, 0.25) is 0 Å². The summed E-state index contributed by atoms with van der Waals surface area (Å²) in [5, 5.41) is 4.44. The van der Waals surface area contributed by atoms with E-state index in [-0.39, 0.29) is 18.0 Å². The summed E-state index contributed by atoms with van der Waals surface area (Å²) < 4.78 is 6.90. The fourth-order valence-electron chi connectivity index (χ4n) is 5.14. The van der Waals surface area contributed by atoms with Gasteiger partial charge in [0, 0.05) is 38.4 Å². The van der Waals surface area contributed by atoms with Gasteiger partial charge in [-0.05, 0) is 63.4 Å². The molecule has 1 aliphatic heterocycles. The van der Waals surface area contributed by atoms with Gasteiger partial charge in [0.25, 0.3) is 5.91 Å². The number of aryl methyl sites for hydroxylation is 2. The van der Waals surface area contributed by atoms with Crippen LogP contribution in [0.25, 0.3) is 0 Å². The van der Waals surface area contributed by atoms with Crippen molar-refractivity contribution in [2.45, 2.75) is 45.6 Å². The summed E-state index contributed by atoms with van der Waals surface area (Å²) in [4.78, 5) is 29.3. The van der Waals surface area contributed by atoms with Crippen LogP contribution in [-0.2, 0) is 11.8 Å². The number of rotatable bonds is 5. The van der Waals surface area contributed by atoms with Gasteiger partial charge >= 0.3 is 6.09 Å². The zero-order valence-corrected chi connectivity index (χ0v) is 17.7. The first-order valence-corrected chi connectivity index (χ1v) is 10.9. The predicted molar refractivity (Wildman–Crippen MR) is 109 cm³/mol. The molecule has 1 saturated carbocycles. The smallest absolute Gasteiger partial charge is 0.409 e. The average molecular weight is 401 g/mol. The van der Waals surface area contributed by atoms with Crippen LogP contribution in [0.3, 0.4) is 0 Å². The molecule has 0 spiro atoms. The molecule has 1 saturated heterocycles. The van der Waals surface area contributed by atoms with E-state index in [1.807, 2.05) is 27.0 Å². The monoisotopic (exact) mass is 400 g/mol. The third kappa shape index (κ3) is 4.05. The molecule has 1 aromatic heterocycles. The van der Waals surface area contributed by atoms with Crippen molar-refractivity contribution in [3.8, 4) is 0 Å². The topological polar surface area (TPSA) is 67.7 Å². The molecule has 7 heteroatoms. The maximum absolute atomic E-state index is 13.4. The van der Waals surface area contributed by atoms with Crippen LogP contribution in [-0.4, -0.2) is 63.9 Å². The van der Waals surface area contributed by atoms with Gasteiger partial charge in [-0.15, -0.1) is 0 Å². The first-order chi connectivity index (χ1) is 14.0. The number of nitrogens with zero attached hydrogens (tertiary/aromatic N) is 4. The molecule has 0 unspecified atom stereocenters. The molecule has 0 N–H and O–H groups in total. The van der Waals surface area contributed by atoms with Gasteiger partial charge in [-0.1, -0.05) is 12.2 Å². The molecule has 3 atom stereocenters. The number of carbonyl (C=O) groups excluding carboxylic acids is 2. The summed E-state index contributed by atoms with van der Waals surface area (Å²) in [6.45, 7) is 6.22. The Bertz CT molecular complexity index is 774. The van der Waals surface area contributed by atoms with E-state index in [0.29, 0.717) is 43.1 Å². The van der Waals surface area contributed by atoms with Crippen LogP contribution < -0.4 is 0 Å². The summed E-state index contributed by atoms with van der Waals surface area (Å²) in [7, 11) is 1.87. The second-order valence-corrected chi connectivity index (χ2v) is 8.71. The van der Waals surface area contributed by atoms with E-state index in [9.17, 15) is 9.59 Å². The number of hydrogen-bond acceptors (Lipinski definition) is 4. The molecule has 2 fully saturated rings. The highest BCUT2D eigenvalue weighted by atomic mass is 16.6. The van der Waals surface area contributed by atoms with Crippen LogP contribution >= 0.6 is 0 Å². The van der Waals surface area contributed by atoms with Crippen molar-refractivity contribution in [2.75, 3.05) is 26.2 Å². The maximum atomic E-state index is 13.4. The number of piperidine rings is 1. The van der Waals surface area contributed by atoms with Gasteiger partial charge in [-0.25, -0.2) is 4.79 Å². The molecule has 29 heavy (non-hydrogen) atoms. The third-order valence-corrected chi connectivity index (χ3v) is 6.87. The van der Waals surface area contributed by atoms with Crippen molar-refractivity contribution in [1.82, 2.24) is 19.6 Å². The lowest BCUT2D eigenvalue weighted by Crippen LogP contribution is -2.50. The normalized spacial score (nSPS) is 26.2. The Morgan fingerprint density at radius 1 is 1.24 bits per heavy atom. The van der Waals surface area contributed by atoms with E-state index in [2.05, 4.69) is 22.2 Å². The van der Waals surface area contributed by atoms with Crippen molar-refractivity contribution in [1.29, 1.82) is 0 Å². The van der Waals surface area contributed by atoms with Crippen molar-refractivity contribution >= 4 is 12.0 Å². The molecular formula is C22H32N4O3. The van der Waals surface area contributed by atoms with Crippen molar-refractivity contribution in [3.63, 3.8) is 0 Å². The quantitative estimate of drug-likeness (QED) is 0.713. The Morgan fingerprint density at radius 3 is 2.55 bits per heavy atom. The lowest BCUT2D eigenvalue weighted by molar-refractivity contribution is 0.0477. The molecule has 2 amide bonds. The lowest BCUT2D eigenvalue weighted by atomic mass is 9.91. The summed E-state index contributed by atoms with van der Waals surface area (Å²) in [5.74, 6) is 1.84. The first kappa shape index (κ1) is 20.0. The Morgan fingerprint density at radius 2 is 2.00 bits per heavy atom. The molecule has 2 aliphatic carbocycles. The van der Waals surface area contributed by atoms with E-state index < -0.39 is 0 Å². The number of carbonyl (C=O) groups is 2. The van der Waals surface area contributed by atoms with Gasteiger partial charge in [0.05, 0.1) is 6.61 Å². The van der Waals surface area contributed by atoms with Crippen LogP contribution in [0, 0.1) is 24.7 Å². The van der Waals surface area contributed by atoms with Gasteiger partial charge in [0.1, 0.15) is 0 Å². The number of aromatic nitrogens is 2. The van der Waals surface area contributed by atoms with Gasteiger partial charge in [-0.3, -0.25) is 9.48 Å². The third-order valence-electron chi connectivity index (χ3n) is 6.87. The molecule has 2 heterocycles. The molecule has 3 aliphatic rings. The predicted octanol–water partition coefficient (Wildman–Crippen LogP) is 3.00. The number of hydrogen-bond donors (Lipinski definition) is 0. The van der Waals surface area contributed by atoms with Crippen molar-refractivity contribution in [2.24, 2.45) is 24.8 Å². The molecule has 1 aromatic rings. The van der Waals surface area contributed by atoms with E-state index in [1.165, 1.54) is 12.8 Å². The van der Waals surface area contributed by atoms with E-state index in [0.717, 1.165) is 25.1 Å². The number of amides is 2. The Labute approximate surface area is 172 Å². The van der Waals surface area contributed by atoms with Crippen LogP contribution in [0.2, 0.25) is 0 Å². The van der Waals surface area contributed by atoms with Crippen LogP contribution in [0.4, 0.5) is 4.79 Å². The number of likely N-dealkylation sites (tertiary alicyclic amines) is 1. The zero-order valence-electron chi connectivity index (χ0n) is 17.7. The van der Waals surface area contributed by atoms with Crippen molar-refractivity contribution in [3.05, 3.63) is 29.6 Å². The largest absolute Gasteiger partial charge is 0.450 e. The first-order valence-electron chi connectivity index (χ1n) is 10.9. The molecular weight excluding hydrogens is 368 g/mol. The summed E-state index contributed by atoms with van der Waals surface area (Å²) >= 11 is 0. The number of ether oxygens (including phenoxy) is 1. The van der Waals surface area contributed by atoms with Crippen LogP contribution in [0.1, 0.15) is 48.8 Å². The highest BCUT2D eigenvalue weighted by molar-refractivity contribution is 5.92. The summed E-state index contributed by atoms with van der Waals surface area (Å²) in [6, 6.07) is 2.02. The minimum Gasteiger partial charge on any atom is -0.450 e. The minimum absolute atomic E-state index is 0.0232. The fourth-order valence-corrected chi connectivity index (χ4v) is 5.14. The van der Waals surface area contributed by atoms with E-state index in [4.69, 9.17) is 4.74 Å². The Balaban J connectivity index is 1.48. The number of allylic oxidation sites excluding steroid dienone is 2. The van der Waals surface area contributed by atoms with Crippen molar-refractivity contribution < 1.29 is 14.3 Å². The van der Waals surface area contributed by atoms with Gasteiger partial charge < -0.3 is 14.5 Å². The highest BCUT2D eigenvalue weighted by Crippen LogP contribution is 2.44. The minimum atomic E-state index is -0.248. The number of fused-ring (bicyclic) bond motifs is 2. The Kier molecular flexibility index (Phi) is 5.65. The summed E-state index contributed by atoms with van der Waals surface area (Å²) in [6.07, 6.45) is 8.41. The average Bonchev–Trinajstić information content (AvgIpc) is 3.42. The Hall–Kier alpha value is -2.31. The van der Waals surface area contributed by atoms with Gasteiger partial charge in [0.15, 0.2) is 5.69 Å². The highest BCUT2D eigenvalue weighted by Gasteiger charge is 2.40. The molecule has 7 nitrogen and oxygen atoms in total. The fraction of sp³-hybridized carbons (Fsp3) is 0.682. The summed E-state index contributed by atoms with van der Waals surface area (Å²) in [5.41, 5.74) is 1.50. The van der Waals surface area contributed by atoms with E-state index in [1.54, 1.807) is 9.58 Å². The van der Waals surface area contributed by atoms with Crippen LogP contribution in [0.5, 0.6) is 0 Å². The van der Waals surface area contributed by atoms with E-state index >= 15 is 0 Å². The standard InChI is InChI=1S/C22H32N4O3/c1-4-29-22(28)25-9-7-19(8-10-25)26(14-18-13-16-5-6-17(18)12-16)21(27)20-11-15(2)24(3)23-20/h5-6,11,16-19H,4,7-10,12-14H2,1-3H3/t16-,17-,18+/m0/s1. The second kappa shape index (κ2) is 8.20. The van der Waals surface area contributed by atoms with Crippen LogP contribution in [0.15, 0.2) is 18.2 Å². The second-order valence-electron chi connectivity index (χ2n) is 8.71. The molecule has 158 valence electrons. The lowest BCUT2D eigenvalue weighted by Gasteiger charge is -2.39. The van der Waals surface area contributed by atoms with Gasteiger partial charge in [-0.2, -0.15) is 5.10 Å². The molecule has 0 radical (unpaired) electrons. The molecule has 2 bridgehead atoms.